The van der Waals surface area contributed by atoms with Crippen molar-refractivity contribution in [3.05, 3.63) is 23.8 Å². The number of rotatable bonds is 6. The van der Waals surface area contributed by atoms with Crippen molar-refractivity contribution in [3.8, 4) is 0 Å². The molecule has 2 aliphatic rings. The van der Waals surface area contributed by atoms with E-state index in [1.165, 1.54) is 20.2 Å². The van der Waals surface area contributed by atoms with Crippen LogP contribution in [0.3, 0.4) is 0 Å². The molecule has 2 rings (SSSR count). The molecule has 3 amide bonds. The maximum atomic E-state index is 13.6. The monoisotopic (exact) mass is 769 g/mol. The summed E-state index contributed by atoms with van der Waals surface area (Å²) >= 11 is 0. The van der Waals surface area contributed by atoms with Crippen molar-refractivity contribution in [3.63, 3.8) is 0 Å². The van der Waals surface area contributed by atoms with Crippen molar-refractivity contribution in [2.24, 2.45) is 0 Å². The molecule has 2 atom stereocenters. The fraction of sp³-hybridized carbons (Fsp3) is 0.750. The van der Waals surface area contributed by atoms with E-state index in [1.807, 2.05) is 13.8 Å². The number of amides is 3. The predicted molar refractivity (Wildman–Crippen MR) is 171 cm³/mol. The summed E-state index contributed by atoms with van der Waals surface area (Å²) in [5.41, 5.74) is 0.171. The largest absolute Gasteiger partial charge is 2.00 e. The molecular weight excluding hydrogens is 719 g/mol. The van der Waals surface area contributed by atoms with Crippen LogP contribution < -0.4 is 17.0 Å². The summed E-state index contributed by atoms with van der Waals surface area (Å²) in [6, 6.07) is -1.72. The van der Waals surface area contributed by atoms with E-state index in [0.29, 0.717) is 0 Å². The van der Waals surface area contributed by atoms with Gasteiger partial charge in [-0.25, -0.2) is 32.2 Å². The fourth-order valence-electron chi connectivity index (χ4n) is 4.27. The van der Waals surface area contributed by atoms with E-state index in [0.717, 1.165) is 26.0 Å². The number of halogens is 5. The second kappa shape index (κ2) is 20.7. The molecule has 2 fully saturated rings. The summed E-state index contributed by atoms with van der Waals surface area (Å²) in [7, 11) is 2.68. The number of allylic oxidation sites excluding steroid dienone is 3. The van der Waals surface area contributed by atoms with Crippen LogP contribution in [0.5, 0.6) is 0 Å². The van der Waals surface area contributed by atoms with E-state index in [2.05, 4.69) is 0 Å². The minimum atomic E-state index is -3.02. The molecule has 0 N–H and O–H groups in total. The fourth-order valence-corrected chi connectivity index (χ4v) is 4.27. The number of ether oxygens (including phenoxy) is 2. The first-order valence-corrected chi connectivity index (χ1v) is 14.9. The van der Waals surface area contributed by atoms with E-state index in [9.17, 15) is 36.7 Å². The molecule has 274 valence electrons. The number of carbonyl (C=O) groups is 4. The van der Waals surface area contributed by atoms with E-state index >= 15 is 0 Å². The maximum Gasteiger partial charge on any atom is 2.00 e. The normalized spacial score (nSPS) is 19.1. The molecule has 0 radical (unpaired) electrons. The number of nitrogens with zero attached hydrogens (tertiary/aromatic N) is 3. The van der Waals surface area contributed by atoms with Crippen LogP contribution in [-0.2, 0) is 23.9 Å². The number of ketones is 1. The van der Waals surface area contributed by atoms with Crippen LogP contribution in [0.4, 0.5) is 27.2 Å². The third-order valence-electron chi connectivity index (χ3n) is 5.93. The topological polar surface area (TPSA) is 106 Å². The number of hydroxylamine groups is 2. The Kier molecular flexibility index (Phi) is 21.7. The Morgan fingerprint density at radius 2 is 1.15 bits per heavy atom. The van der Waals surface area contributed by atoms with Crippen LogP contribution in [0.25, 0.3) is 0 Å². The standard InChI is InChI=1S/C15H23F2NO3.C13H22F2N2O4.C4H7.BrH.Mg/c1-10(2)6-12(19)7-11-8-15(16,17)9-18(11)13(20)21-14(3,4)5;1-12(2,3)21-11(19)17-8-13(14,15)7-9(17)6-10(18)16(4)20-5;1-4(2)3;;/h6,11H,7-9H2,1-5H3;9H,6-8H2,1-5H3;1H,2-3H3;1H;/q;;-1;;+2/p-1/t11-;9-;;;/m11.../s1. The smallest absolute Gasteiger partial charge is 1.00 e. The second-order valence-corrected chi connectivity index (χ2v) is 13.9. The van der Waals surface area contributed by atoms with Crippen LogP contribution in [-0.4, -0.2) is 124 Å². The van der Waals surface area contributed by atoms with E-state index < -0.39 is 79.2 Å². The van der Waals surface area contributed by atoms with Gasteiger partial charge in [-0.1, -0.05) is 19.4 Å². The molecule has 0 aromatic heterocycles. The van der Waals surface area contributed by atoms with Crippen molar-refractivity contribution in [1.29, 1.82) is 0 Å². The number of hydrogen-bond acceptors (Lipinski definition) is 7. The molecule has 2 aliphatic heterocycles. The van der Waals surface area contributed by atoms with Crippen LogP contribution >= 0.6 is 0 Å². The molecule has 0 aromatic carbocycles. The molecule has 0 aliphatic carbocycles. The second-order valence-electron chi connectivity index (χ2n) is 13.9. The molecule has 0 aromatic rings. The number of hydrogen-bond donors (Lipinski definition) is 0. The van der Waals surface area contributed by atoms with E-state index in [4.69, 9.17) is 20.9 Å². The van der Waals surface area contributed by atoms with Crippen LogP contribution in [0.2, 0.25) is 0 Å². The van der Waals surface area contributed by atoms with Gasteiger partial charge in [0.2, 0.25) is 5.91 Å². The summed E-state index contributed by atoms with van der Waals surface area (Å²) in [6.45, 7) is 20.8. The van der Waals surface area contributed by atoms with Gasteiger partial charge in [0.05, 0.1) is 20.2 Å². The van der Waals surface area contributed by atoms with Crippen LogP contribution in [0.1, 0.15) is 94.9 Å². The minimum Gasteiger partial charge on any atom is -1.00 e. The Hall–Kier alpha value is -1.91. The van der Waals surface area contributed by atoms with Crippen molar-refractivity contribution in [2.45, 2.75) is 130 Å². The number of carbonyl (C=O) groups excluding carboxylic acids is 4. The minimum absolute atomic E-state index is 0. The van der Waals surface area contributed by atoms with Gasteiger partial charge in [-0.15, -0.1) is 0 Å². The van der Waals surface area contributed by atoms with E-state index in [-0.39, 0.29) is 58.7 Å². The maximum absolute atomic E-state index is 13.6. The van der Waals surface area contributed by atoms with Crippen molar-refractivity contribution in [1.82, 2.24) is 14.9 Å². The van der Waals surface area contributed by atoms with Crippen molar-refractivity contribution >= 4 is 46.9 Å². The first-order chi connectivity index (χ1) is 20.6. The van der Waals surface area contributed by atoms with Gasteiger partial charge < -0.3 is 33.0 Å². The molecule has 0 bridgehead atoms. The molecule has 10 nitrogen and oxygen atoms in total. The molecule has 0 spiro atoms. The van der Waals surface area contributed by atoms with Crippen LogP contribution in [0.15, 0.2) is 17.2 Å². The Bertz CT molecular complexity index is 1120. The number of likely N-dealkylation sites (tertiary alicyclic amines) is 2. The quantitative estimate of drug-likeness (QED) is 0.134. The van der Waals surface area contributed by atoms with Gasteiger partial charge in [0, 0.05) is 44.8 Å². The first-order valence-electron chi connectivity index (χ1n) is 14.9. The third-order valence-corrected chi connectivity index (χ3v) is 5.93. The molecule has 0 unspecified atom stereocenters. The van der Waals surface area contributed by atoms with Gasteiger partial charge in [-0.2, -0.15) is 0 Å². The van der Waals surface area contributed by atoms with Gasteiger partial charge >= 0.3 is 35.2 Å². The van der Waals surface area contributed by atoms with Crippen LogP contribution in [0, 0.1) is 6.58 Å². The Labute approximate surface area is 309 Å². The Morgan fingerprint density at radius 3 is 1.44 bits per heavy atom. The van der Waals surface area contributed by atoms with Gasteiger partial charge in [0.25, 0.3) is 11.8 Å². The zero-order valence-electron chi connectivity index (χ0n) is 30.3. The average molecular weight is 771 g/mol. The van der Waals surface area contributed by atoms with E-state index in [1.54, 1.807) is 55.4 Å². The van der Waals surface area contributed by atoms with Gasteiger partial charge in [0.15, 0.2) is 5.78 Å². The van der Waals surface area contributed by atoms with Gasteiger partial charge in [0.1, 0.15) is 11.2 Å². The molecule has 2 saturated heterocycles. The zero-order chi connectivity index (χ0) is 36.4. The van der Waals surface area contributed by atoms with Crippen molar-refractivity contribution in [2.75, 3.05) is 27.2 Å². The summed E-state index contributed by atoms with van der Waals surface area (Å²) < 4.78 is 64.5. The molecular formula is C32H52BrF4MgN3O7. The summed E-state index contributed by atoms with van der Waals surface area (Å²) in [6.07, 6.45) is -1.64. The average Bonchev–Trinajstić information content (AvgIpc) is 3.29. The molecule has 2 heterocycles. The summed E-state index contributed by atoms with van der Waals surface area (Å²) in [5.74, 6) is -6.74. The molecule has 48 heavy (non-hydrogen) atoms. The molecule has 0 saturated carbocycles. The summed E-state index contributed by atoms with van der Waals surface area (Å²) in [4.78, 5) is 54.2. The Morgan fingerprint density at radius 1 is 0.812 bits per heavy atom. The third kappa shape index (κ3) is 21.2. The predicted octanol–water partition coefficient (Wildman–Crippen LogP) is 3.61. The molecule has 16 heteroatoms. The zero-order valence-corrected chi connectivity index (χ0v) is 33.3. The Balaban J connectivity index is -0.000000731. The van der Waals surface area contributed by atoms with Gasteiger partial charge in [-0.3, -0.25) is 29.8 Å². The summed E-state index contributed by atoms with van der Waals surface area (Å²) in [5, 5.41) is 0.948. The first kappa shape index (κ1) is 50.5. The number of alkyl halides is 4. The van der Waals surface area contributed by atoms with Crippen molar-refractivity contribution < 1.29 is 68.0 Å². The SMILES string of the molecule is CC(C)=CC(=O)C[C@@H]1CC(F)(F)CN1C(=O)OC(C)(C)C.CON(C)C(=O)C[C@@H]1CC(F)(F)CN1C(=O)OC(C)(C)C.[Br-].[CH-]=C(C)C.[Mg+2]. The van der Waals surface area contributed by atoms with Gasteiger partial charge in [-0.05, 0) is 61.5 Å².